The molecule has 0 aliphatic carbocycles. The lowest BCUT2D eigenvalue weighted by molar-refractivity contribution is 0.449. The third kappa shape index (κ3) is 2.05. The van der Waals surface area contributed by atoms with Crippen molar-refractivity contribution in [3.05, 3.63) is 42.5 Å². The molecule has 0 bridgehead atoms. The van der Waals surface area contributed by atoms with Gasteiger partial charge < -0.3 is 20.4 Å². The number of phenolic OH excluding ortho intramolecular Hbond substituents is 4. The molecule has 3 rings (SSSR count). The molecule has 3 aromatic rings. The van der Waals surface area contributed by atoms with Crippen LogP contribution in [-0.2, 0) is 0 Å². The van der Waals surface area contributed by atoms with Crippen LogP contribution in [0.4, 0.5) is 0 Å². The van der Waals surface area contributed by atoms with Crippen molar-refractivity contribution in [2.24, 2.45) is 0 Å². The topological polar surface area (TPSA) is 92.2 Å². The zero-order chi connectivity index (χ0) is 14.3. The summed E-state index contributed by atoms with van der Waals surface area (Å²) in [4.78, 5) is 0. The molecule has 0 unspecified atom stereocenters. The average Bonchev–Trinajstić information content (AvgIpc) is 2.36. The molecule has 20 heavy (non-hydrogen) atoms. The molecular weight excluding hydrogens is 260 g/mol. The van der Waals surface area contributed by atoms with Gasteiger partial charge in [-0.15, -0.1) is 0 Å². The van der Waals surface area contributed by atoms with Crippen LogP contribution in [0.25, 0.3) is 22.3 Å². The predicted molar refractivity (Wildman–Crippen MR) is 72.7 cm³/mol. The second-order valence-electron chi connectivity index (χ2n) is 4.41. The van der Waals surface area contributed by atoms with Crippen molar-refractivity contribution >= 4 is 11.0 Å². The number of hydrogen-bond acceptors (Lipinski definition) is 4. The molecule has 1 aromatic heterocycles. The highest BCUT2D eigenvalue weighted by Crippen LogP contribution is 2.34. The van der Waals surface area contributed by atoms with Crippen LogP contribution in [0.3, 0.4) is 0 Å². The third-order valence-corrected chi connectivity index (χ3v) is 2.91. The molecule has 1 heterocycles. The summed E-state index contributed by atoms with van der Waals surface area (Å²) in [5.74, 6) is 0.000480. The molecule has 5 nitrogen and oxygen atoms in total. The molecule has 0 amide bonds. The van der Waals surface area contributed by atoms with Crippen LogP contribution >= 0.6 is 0 Å². The van der Waals surface area contributed by atoms with Gasteiger partial charge in [-0.05, 0) is 18.2 Å². The minimum atomic E-state index is -0.116. The van der Waals surface area contributed by atoms with E-state index < -0.39 is 0 Å². The van der Waals surface area contributed by atoms with Gasteiger partial charge in [-0.2, -0.15) is 0 Å². The third-order valence-electron chi connectivity index (χ3n) is 2.91. The number of fused-ring (bicyclic) bond motifs is 1. The first-order valence-electron chi connectivity index (χ1n) is 5.85. The lowest BCUT2D eigenvalue weighted by Crippen LogP contribution is -1.81. The first kappa shape index (κ1) is 12.1. The van der Waals surface area contributed by atoms with Crippen molar-refractivity contribution in [2.45, 2.75) is 0 Å². The summed E-state index contributed by atoms with van der Waals surface area (Å²) < 4.78 is 5.58. The summed E-state index contributed by atoms with van der Waals surface area (Å²) in [5, 5.41) is 38.6. The largest absolute Gasteiger partial charge is 0.508 e. The van der Waals surface area contributed by atoms with Crippen LogP contribution < -0.4 is 0 Å². The van der Waals surface area contributed by atoms with Crippen LogP contribution in [-0.4, -0.2) is 20.4 Å². The van der Waals surface area contributed by atoms with Gasteiger partial charge in [0.25, 0.3) is 0 Å². The Labute approximate surface area is 113 Å². The maximum Gasteiger partial charge on any atom is 0.368 e. The van der Waals surface area contributed by atoms with E-state index in [0.717, 1.165) is 0 Å². The molecular formula is C15H11O5+. The van der Waals surface area contributed by atoms with E-state index in [2.05, 4.69) is 0 Å². The van der Waals surface area contributed by atoms with Crippen molar-refractivity contribution in [1.82, 2.24) is 0 Å². The zero-order valence-electron chi connectivity index (χ0n) is 10.2. The fourth-order valence-corrected chi connectivity index (χ4v) is 2.05. The van der Waals surface area contributed by atoms with Gasteiger partial charge in [0.05, 0.1) is 11.6 Å². The van der Waals surface area contributed by atoms with E-state index in [4.69, 9.17) is 4.42 Å². The molecule has 0 aliphatic heterocycles. The fraction of sp³-hybridized carbons (Fsp3) is 0. The van der Waals surface area contributed by atoms with Gasteiger partial charge in [-0.1, -0.05) is 0 Å². The maximum absolute atomic E-state index is 9.70. The standard InChI is InChI=1S/C15H10O5/c16-9-3-8(4-10(17)5-9)14-2-1-12-13(19)6-11(18)7-15(12)20-14/h1-7H,(H3-,16,17,18,19)/p+1. The first-order chi connectivity index (χ1) is 9.52. The van der Waals surface area contributed by atoms with E-state index in [9.17, 15) is 20.4 Å². The highest BCUT2D eigenvalue weighted by atomic mass is 16.3. The zero-order valence-corrected chi connectivity index (χ0v) is 10.2. The van der Waals surface area contributed by atoms with E-state index in [1.807, 2.05) is 0 Å². The Bertz CT molecular complexity index is 790. The summed E-state index contributed by atoms with van der Waals surface area (Å²) in [6.45, 7) is 0. The van der Waals surface area contributed by atoms with E-state index in [-0.39, 0.29) is 23.0 Å². The SMILES string of the molecule is Oc1cc(O)cc(-c2ccc3c(O)cc(O)cc3[o+]2)c1. The van der Waals surface area contributed by atoms with Crippen LogP contribution in [0, 0.1) is 0 Å². The Morgan fingerprint density at radius 3 is 2.05 bits per heavy atom. The van der Waals surface area contributed by atoms with Gasteiger partial charge in [-0.3, -0.25) is 0 Å². The van der Waals surface area contributed by atoms with E-state index >= 15 is 0 Å². The number of aromatic hydroxyl groups is 4. The van der Waals surface area contributed by atoms with Gasteiger partial charge in [0, 0.05) is 18.2 Å². The van der Waals surface area contributed by atoms with E-state index in [1.54, 1.807) is 12.1 Å². The quantitative estimate of drug-likeness (QED) is 0.510. The Morgan fingerprint density at radius 1 is 0.700 bits per heavy atom. The summed E-state index contributed by atoms with van der Waals surface area (Å²) in [6, 6.07) is 9.92. The lowest BCUT2D eigenvalue weighted by atomic mass is 10.1. The second kappa shape index (κ2) is 4.31. The van der Waals surface area contributed by atoms with Gasteiger partial charge in [0.1, 0.15) is 28.4 Å². The molecule has 0 spiro atoms. The van der Waals surface area contributed by atoms with Crippen molar-refractivity contribution < 1.29 is 24.8 Å². The minimum absolute atomic E-state index is 0.0888. The van der Waals surface area contributed by atoms with Crippen molar-refractivity contribution in [1.29, 1.82) is 0 Å². The Balaban J connectivity index is 2.22. The van der Waals surface area contributed by atoms with Gasteiger partial charge in [0.15, 0.2) is 0 Å². The van der Waals surface area contributed by atoms with Crippen LogP contribution in [0.5, 0.6) is 23.0 Å². The van der Waals surface area contributed by atoms with Gasteiger partial charge >= 0.3 is 11.3 Å². The summed E-state index contributed by atoms with van der Waals surface area (Å²) in [5.41, 5.74) is 0.773. The molecule has 100 valence electrons. The Morgan fingerprint density at radius 2 is 1.35 bits per heavy atom. The normalized spacial score (nSPS) is 10.8. The van der Waals surface area contributed by atoms with E-state index in [1.165, 1.54) is 30.3 Å². The number of phenols is 4. The highest BCUT2D eigenvalue weighted by Gasteiger charge is 2.18. The fourth-order valence-electron chi connectivity index (χ4n) is 2.05. The van der Waals surface area contributed by atoms with Gasteiger partial charge in [-0.25, -0.2) is 4.42 Å². The number of benzene rings is 2. The van der Waals surface area contributed by atoms with Crippen molar-refractivity contribution in [3.8, 4) is 34.3 Å². The minimum Gasteiger partial charge on any atom is -0.508 e. The predicted octanol–water partition coefficient (Wildman–Crippen LogP) is 3.20. The number of hydrogen-bond donors (Lipinski definition) is 4. The Kier molecular flexibility index (Phi) is 2.61. The smallest absolute Gasteiger partial charge is 0.368 e. The number of rotatable bonds is 1. The van der Waals surface area contributed by atoms with Crippen LogP contribution in [0.1, 0.15) is 0 Å². The maximum atomic E-state index is 9.70. The molecule has 0 atom stereocenters. The second-order valence-corrected chi connectivity index (χ2v) is 4.41. The average molecular weight is 271 g/mol. The molecule has 0 saturated carbocycles. The molecule has 0 fully saturated rings. The van der Waals surface area contributed by atoms with Crippen molar-refractivity contribution in [3.63, 3.8) is 0 Å². The molecule has 0 aliphatic rings. The first-order valence-corrected chi connectivity index (χ1v) is 5.85. The Hall–Kier alpha value is -2.95. The molecule has 0 radical (unpaired) electrons. The monoisotopic (exact) mass is 271 g/mol. The summed E-state index contributed by atoms with van der Waals surface area (Å²) in [7, 11) is 0. The lowest BCUT2D eigenvalue weighted by Gasteiger charge is -1.99. The summed E-state index contributed by atoms with van der Waals surface area (Å²) >= 11 is 0. The molecule has 5 heteroatoms. The molecule has 0 saturated heterocycles. The summed E-state index contributed by atoms with van der Waals surface area (Å²) in [6.07, 6.45) is 0. The van der Waals surface area contributed by atoms with E-state index in [0.29, 0.717) is 22.3 Å². The van der Waals surface area contributed by atoms with Crippen LogP contribution in [0.2, 0.25) is 0 Å². The van der Waals surface area contributed by atoms with Crippen molar-refractivity contribution in [2.75, 3.05) is 0 Å². The van der Waals surface area contributed by atoms with Gasteiger partial charge in [0.2, 0.25) is 0 Å². The molecule has 4 N–H and O–H groups in total. The highest BCUT2D eigenvalue weighted by molar-refractivity contribution is 5.86. The van der Waals surface area contributed by atoms with Crippen LogP contribution in [0.15, 0.2) is 46.9 Å². The molecule has 2 aromatic carbocycles.